The minimum Gasteiger partial charge on any atom is -0.444 e. The number of amides is 2. The highest BCUT2D eigenvalue weighted by Gasteiger charge is 2.24. The van der Waals surface area contributed by atoms with Crippen molar-refractivity contribution in [1.82, 2.24) is 10.6 Å². The van der Waals surface area contributed by atoms with Gasteiger partial charge in [-0.2, -0.15) is 0 Å². The zero-order valence-corrected chi connectivity index (χ0v) is 25.0. The van der Waals surface area contributed by atoms with Crippen molar-refractivity contribution in [3.63, 3.8) is 0 Å². The third-order valence-corrected chi connectivity index (χ3v) is 6.48. The molecule has 0 saturated heterocycles. The Morgan fingerprint density at radius 3 is 2.26 bits per heavy atom. The van der Waals surface area contributed by atoms with E-state index < -0.39 is 23.9 Å². The van der Waals surface area contributed by atoms with Crippen LogP contribution in [0.15, 0.2) is 53.0 Å². The van der Waals surface area contributed by atoms with Gasteiger partial charge in [-0.1, -0.05) is 85.3 Å². The molecule has 0 aliphatic rings. The summed E-state index contributed by atoms with van der Waals surface area (Å²) in [6.45, 7) is 8.10. The number of benzene rings is 2. The molecule has 0 unspecified atom stereocenters. The molecule has 2 rings (SSSR count). The lowest BCUT2D eigenvalue weighted by Crippen LogP contribution is -2.49. The lowest BCUT2D eigenvalue weighted by atomic mass is 10.0. The summed E-state index contributed by atoms with van der Waals surface area (Å²) in [7, 11) is 0. The first-order chi connectivity index (χ1) is 18.6. The Morgan fingerprint density at radius 1 is 0.923 bits per heavy atom. The van der Waals surface area contributed by atoms with E-state index >= 15 is 0 Å². The van der Waals surface area contributed by atoms with Crippen LogP contribution < -0.4 is 15.4 Å². The Labute approximate surface area is 240 Å². The monoisotopic (exact) mass is 604 g/mol. The molecule has 0 heterocycles. The molecule has 0 aromatic heterocycles. The van der Waals surface area contributed by atoms with Crippen LogP contribution in [0.2, 0.25) is 0 Å². The summed E-state index contributed by atoms with van der Waals surface area (Å²) < 4.78 is 16.6. The molecule has 2 N–H and O–H groups in total. The van der Waals surface area contributed by atoms with Crippen LogP contribution in [0.1, 0.15) is 77.3 Å². The molecule has 2 amide bonds. The van der Waals surface area contributed by atoms with Crippen molar-refractivity contribution in [2.75, 3.05) is 6.54 Å². The van der Waals surface area contributed by atoms with Gasteiger partial charge in [0.2, 0.25) is 5.91 Å². The Balaban J connectivity index is 1.92. The molecule has 0 aliphatic heterocycles. The first-order valence-electron chi connectivity index (χ1n) is 13.5. The first kappa shape index (κ1) is 32.1. The van der Waals surface area contributed by atoms with E-state index in [0.717, 1.165) is 34.9 Å². The van der Waals surface area contributed by atoms with Crippen molar-refractivity contribution in [1.29, 1.82) is 0 Å². The largest absolute Gasteiger partial charge is 0.514 e. The normalized spacial score (nSPS) is 11.8. The lowest BCUT2D eigenvalue weighted by Gasteiger charge is -2.23. The molecule has 1 atom stereocenters. The SMILES string of the molecule is CCCCCCCCNC(=O)[C@H](Cc1ccc(OC(=O)OCc2ccccc2Br)cc1)NC(=O)OC(C)(C)C. The van der Waals surface area contributed by atoms with Crippen molar-refractivity contribution in [3.8, 4) is 5.75 Å². The van der Waals surface area contributed by atoms with Crippen LogP contribution in [0.25, 0.3) is 0 Å². The lowest BCUT2D eigenvalue weighted by molar-refractivity contribution is -0.123. The molecule has 0 fully saturated rings. The fraction of sp³-hybridized carbons (Fsp3) is 0.500. The molecule has 0 radical (unpaired) electrons. The van der Waals surface area contributed by atoms with E-state index in [1.165, 1.54) is 19.3 Å². The van der Waals surface area contributed by atoms with E-state index in [2.05, 4.69) is 33.5 Å². The number of halogens is 1. The van der Waals surface area contributed by atoms with Crippen LogP contribution in [0.5, 0.6) is 5.75 Å². The summed E-state index contributed by atoms with van der Waals surface area (Å²) in [4.78, 5) is 37.5. The average molecular weight is 606 g/mol. The zero-order chi connectivity index (χ0) is 28.7. The number of hydrogen-bond acceptors (Lipinski definition) is 6. The van der Waals surface area contributed by atoms with Gasteiger partial charge in [0.25, 0.3) is 0 Å². The predicted octanol–water partition coefficient (Wildman–Crippen LogP) is 7.08. The van der Waals surface area contributed by atoms with Gasteiger partial charge in [0.1, 0.15) is 24.0 Å². The third-order valence-electron chi connectivity index (χ3n) is 5.70. The highest BCUT2D eigenvalue weighted by molar-refractivity contribution is 9.10. The van der Waals surface area contributed by atoms with Gasteiger partial charge in [-0.05, 0) is 51.0 Å². The van der Waals surface area contributed by atoms with Crippen LogP contribution in [-0.2, 0) is 27.3 Å². The molecule has 214 valence electrons. The minimum absolute atomic E-state index is 0.0736. The number of ether oxygens (including phenoxy) is 3. The van der Waals surface area contributed by atoms with Crippen LogP contribution in [0.4, 0.5) is 9.59 Å². The molecule has 9 heteroatoms. The van der Waals surface area contributed by atoms with Crippen molar-refractivity contribution in [2.24, 2.45) is 0 Å². The summed E-state index contributed by atoms with van der Waals surface area (Å²) in [6, 6.07) is 13.3. The van der Waals surface area contributed by atoms with Crippen molar-refractivity contribution in [3.05, 3.63) is 64.1 Å². The van der Waals surface area contributed by atoms with Crippen molar-refractivity contribution in [2.45, 2.75) is 90.9 Å². The van der Waals surface area contributed by atoms with E-state index in [0.29, 0.717) is 12.3 Å². The fourth-order valence-corrected chi connectivity index (χ4v) is 4.11. The second-order valence-electron chi connectivity index (χ2n) is 10.3. The van der Waals surface area contributed by atoms with Gasteiger partial charge < -0.3 is 24.8 Å². The molecule has 0 spiro atoms. The number of unbranched alkanes of at least 4 members (excludes halogenated alkanes) is 5. The molecular formula is C30H41BrN2O6. The number of carbonyl (C=O) groups is 3. The van der Waals surface area contributed by atoms with Crippen LogP contribution in [-0.4, -0.2) is 36.3 Å². The standard InChI is InChI=1S/C30H41BrN2O6/c1-5-6-7-8-9-12-19-32-27(34)26(33-28(35)39-30(2,3)4)20-22-15-17-24(18-16-22)38-29(36)37-21-23-13-10-11-14-25(23)31/h10-11,13-18,26H,5-9,12,19-21H2,1-4H3,(H,32,34)(H,33,35)/t26-/m0/s1. The van der Waals surface area contributed by atoms with Crippen LogP contribution >= 0.6 is 15.9 Å². The van der Waals surface area contributed by atoms with Crippen molar-refractivity contribution >= 4 is 34.1 Å². The Hall–Kier alpha value is -3.07. The molecule has 39 heavy (non-hydrogen) atoms. The van der Waals surface area contributed by atoms with Crippen LogP contribution in [0.3, 0.4) is 0 Å². The number of alkyl carbamates (subject to hydrolysis) is 1. The molecule has 8 nitrogen and oxygen atoms in total. The highest BCUT2D eigenvalue weighted by Crippen LogP contribution is 2.18. The van der Waals surface area contributed by atoms with Gasteiger partial charge >= 0.3 is 12.2 Å². The van der Waals surface area contributed by atoms with Gasteiger partial charge in [-0.25, -0.2) is 9.59 Å². The second-order valence-corrected chi connectivity index (χ2v) is 11.2. The van der Waals surface area contributed by atoms with Gasteiger partial charge in [-0.15, -0.1) is 0 Å². The molecule has 2 aromatic carbocycles. The zero-order valence-electron chi connectivity index (χ0n) is 23.4. The topological polar surface area (TPSA) is 103 Å². The van der Waals surface area contributed by atoms with Gasteiger partial charge in [0.05, 0.1) is 0 Å². The molecule has 0 saturated carbocycles. The number of carbonyl (C=O) groups excluding carboxylic acids is 3. The summed E-state index contributed by atoms with van der Waals surface area (Å²) >= 11 is 3.41. The summed E-state index contributed by atoms with van der Waals surface area (Å²) in [5.74, 6) is 0.0328. The molecule has 0 bridgehead atoms. The smallest absolute Gasteiger partial charge is 0.444 e. The Bertz CT molecular complexity index is 1050. The summed E-state index contributed by atoms with van der Waals surface area (Å²) in [5.41, 5.74) is 0.913. The number of nitrogens with one attached hydrogen (secondary N) is 2. The summed E-state index contributed by atoms with van der Waals surface area (Å²) in [6.07, 6.45) is 5.48. The highest BCUT2D eigenvalue weighted by atomic mass is 79.9. The van der Waals surface area contributed by atoms with Crippen LogP contribution in [0, 0.1) is 0 Å². The maximum atomic E-state index is 12.9. The minimum atomic E-state index is -0.822. The van der Waals surface area contributed by atoms with E-state index in [1.807, 2.05) is 24.3 Å². The predicted molar refractivity (Wildman–Crippen MR) is 155 cm³/mol. The van der Waals surface area contributed by atoms with Gasteiger partial charge in [0.15, 0.2) is 0 Å². The maximum absolute atomic E-state index is 12.9. The summed E-state index contributed by atoms with van der Waals surface area (Å²) in [5, 5.41) is 5.62. The van der Waals surface area contributed by atoms with E-state index in [4.69, 9.17) is 14.2 Å². The molecule has 2 aromatic rings. The molecular weight excluding hydrogens is 564 g/mol. The quantitative estimate of drug-likeness (QED) is 0.136. The maximum Gasteiger partial charge on any atom is 0.514 e. The van der Waals surface area contributed by atoms with E-state index in [9.17, 15) is 14.4 Å². The Kier molecular flexibility index (Phi) is 13.8. The second kappa shape index (κ2) is 16.8. The van der Waals surface area contributed by atoms with Gasteiger partial charge in [0, 0.05) is 23.0 Å². The van der Waals surface area contributed by atoms with E-state index in [-0.39, 0.29) is 18.9 Å². The average Bonchev–Trinajstić information content (AvgIpc) is 2.87. The fourth-order valence-electron chi connectivity index (χ4n) is 3.71. The number of rotatable bonds is 14. The third kappa shape index (κ3) is 13.5. The van der Waals surface area contributed by atoms with Crippen molar-refractivity contribution < 1.29 is 28.6 Å². The Morgan fingerprint density at radius 2 is 1.59 bits per heavy atom. The van der Waals surface area contributed by atoms with Gasteiger partial charge in [-0.3, -0.25) is 4.79 Å². The number of hydrogen-bond donors (Lipinski definition) is 2. The van der Waals surface area contributed by atoms with E-state index in [1.54, 1.807) is 45.0 Å². The first-order valence-corrected chi connectivity index (χ1v) is 14.3. The molecule has 0 aliphatic carbocycles.